The first-order chi connectivity index (χ1) is 16.9. The molecule has 1 saturated carbocycles. The number of nitrogens with one attached hydrogen (secondary N) is 3. The van der Waals surface area contributed by atoms with Crippen molar-refractivity contribution >= 4 is 27.0 Å². The van der Waals surface area contributed by atoms with Crippen LogP contribution in [-0.2, 0) is 16.2 Å². The minimum Gasteiger partial charge on any atom is -0.351 e. The maximum absolute atomic E-state index is 13.2. The van der Waals surface area contributed by atoms with Crippen molar-refractivity contribution in [1.29, 1.82) is 5.26 Å². The van der Waals surface area contributed by atoms with Crippen LogP contribution in [0.4, 0.5) is 19.1 Å². The lowest BCUT2D eigenvalue weighted by atomic mass is 9.79. The van der Waals surface area contributed by atoms with Gasteiger partial charge in [0.25, 0.3) is 0 Å². The zero-order valence-electron chi connectivity index (χ0n) is 19.7. The van der Waals surface area contributed by atoms with Crippen LogP contribution < -0.4 is 10.0 Å². The number of sulfonamides is 1. The Labute approximate surface area is 206 Å². The molecule has 4 rings (SSSR count). The van der Waals surface area contributed by atoms with Gasteiger partial charge in [-0.3, -0.25) is 0 Å². The van der Waals surface area contributed by atoms with Crippen LogP contribution in [0.2, 0.25) is 0 Å². The molecule has 13 heteroatoms. The van der Waals surface area contributed by atoms with E-state index in [4.69, 9.17) is 0 Å². The molecule has 0 aliphatic heterocycles. The Bertz CT molecular complexity index is 1390. The molecule has 192 valence electrons. The van der Waals surface area contributed by atoms with Gasteiger partial charge in [-0.1, -0.05) is 0 Å². The van der Waals surface area contributed by atoms with Crippen molar-refractivity contribution in [2.75, 3.05) is 18.1 Å². The predicted octanol–water partition coefficient (Wildman–Crippen LogP) is 4.07. The van der Waals surface area contributed by atoms with E-state index < -0.39 is 21.8 Å². The van der Waals surface area contributed by atoms with Gasteiger partial charge in [0.05, 0.1) is 29.3 Å². The highest BCUT2D eigenvalue weighted by Gasteiger charge is 2.32. The number of alkyl halides is 3. The molecule has 0 unspecified atom stereocenters. The van der Waals surface area contributed by atoms with Crippen molar-refractivity contribution in [3.8, 4) is 17.3 Å². The van der Waals surface area contributed by atoms with Gasteiger partial charge in [0.15, 0.2) is 0 Å². The molecule has 3 heterocycles. The molecule has 0 aromatic carbocycles. The normalized spacial score (nSPS) is 19.7. The van der Waals surface area contributed by atoms with Crippen LogP contribution in [0.15, 0.2) is 24.7 Å². The first-order valence-corrected chi connectivity index (χ1v) is 13.4. The predicted molar refractivity (Wildman–Crippen MR) is 128 cm³/mol. The van der Waals surface area contributed by atoms with Gasteiger partial charge in [0, 0.05) is 35.9 Å². The zero-order chi connectivity index (χ0) is 26.1. The van der Waals surface area contributed by atoms with Crippen LogP contribution in [0, 0.1) is 23.2 Å². The van der Waals surface area contributed by atoms with E-state index in [1.54, 1.807) is 0 Å². The number of pyridine rings is 1. The SMILES string of the molecule is C[C@@H](Nc1ncc(C#N)c(-c2c[nH]c3ncc(C(F)(F)F)cc23)n1)C1CCC(CNS(C)(=O)=O)CC1. The number of hydrogen-bond acceptors (Lipinski definition) is 7. The Morgan fingerprint density at radius 1 is 1.22 bits per heavy atom. The highest BCUT2D eigenvalue weighted by Crippen LogP contribution is 2.35. The van der Waals surface area contributed by atoms with E-state index in [1.807, 2.05) is 13.0 Å². The van der Waals surface area contributed by atoms with Crippen molar-refractivity contribution in [3.05, 3.63) is 35.8 Å². The fourth-order valence-electron chi connectivity index (χ4n) is 4.58. The van der Waals surface area contributed by atoms with E-state index in [0.717, 1.165) is 44.2 Å². The third-order valence-electron chi connectivity index (χ3n) is 6.61. The van der Waals surface area contributed by atoms with Crippen molar-refractivity contribution in [2.45, 2.75) is 44.8 Å². The summed E-state index contributed by atoms with van der Waals surface area (Å²) in [7, 11) is -3.21. The second-order valence-electron chi connectivity index (χ2n) is 9.22. The molecular weight excluding hydrogens is 495 g/mol. The largest absolute Gasteiger partial charge is 0.417 e. The summed E-state index contributed by atoms with van der Waals surface area (Å²) in [4.78, 5) is 15.4. The number of hydrogen-bond donors (Lipinski definition) is 3. The lowest BCUT2D eigenvalue weighted by Crippen LogP contribution is -2.34. The molecule has 1 fully saturated rings. The Balaban J connectivity index is 1.52. The van der Waals surface area contributed by atoms with Crippen molar-refractivity contribution < 1.29 is 21.6 Å². The van der Waals surface area contributed by atoms with Crippen LogP contribution in [0.1, 0.15) is 43.7 Å². The molecule has 1 aliphatic carbocycles. The van der Waals surface area contributed by atoms with E-state index in [-0.39, 0.29) is 40.2 Å². The third kappa shape index (κ3) is 5.93. The smallest absolute Gasteiger partial charge is 0.351 e. The molecule has 0 amide bonds. The molecule has 3 aromatic rings. The number of aromatic amines is 1. The standard InChI is InChI=1S/C23H26F3N7O2S/c1-13(15-5-3-14(4-6-15)9-31-36(2,34)35)32-22-30-10-16(8-27)20(33-22)19-12-29-21-18(19)7-17(11-28-21)23(24,25)26/h7,10-15,31H,3-6,9H2,1-2H3,(H,28,29)(H,30,32,33)/t13-,14?,15?/m1/s1. The highest BCUT2D eigenvalue weighted by atomic mass is 32.2. The molecule has 3 aromatic heterocycles. The molecule has 0 radical (unpaired) electrons. The molecule has 36 heavy (non-hydrogen) atoms. The maximum Gasteiger partial charge on any atom is 0.417 e. The minimum absolute atomic E-state index is 0.00364. The van der Waals surface area contributed by atoms with Crippen LogP contribution in [0.3, 0.4) is 0 Å². The summed E-state index contributed by atoms with van der Waals surface area (Å²) in [6.07, 6.45) is 3.79. The Hall–Kier alpha value is -3.24. The van der Waals surface area contributed by atoms with Gasteiger partial charge < -0.3 is 10.3 Å². The first-order valence-electron chi connectivity index (χ1n) is 11.5. The number of rotatable bonds is 7. The van der Waals surface area contributed by atoms with Crippen LogP contribution >= 0.6 is 0 Å². The average Bonchev–Trinajstić information content (AvgIpc) is 3.25. The number of nitriles is 1. The maximum atomic E-state index is 13.2. The fourth-order valence-corrected chi connectivity index (χ4v) is 5.11. The number of nitrogens with zero attached hydrogens (tertiary/aromatic N) is 4. The van der Waals surface area contributed by atoms with Crippen molar-refractivity contribution in [3.63, 3.8) is 0 Å². The summed E-state index contributed by atoms with van der Waals surface area (Å²) in [5.41, 5.74) is 0.0379. The summed E-state index contributed by atoms with van der Waals surface area (Å²) >= 11 is 0. The second kappa shape index (κ2) is 10.0. The Morgan fingerprint density at radius 2 is 1.94 bits per heavy atom. The number of anilines is 1. The molecule has 3 N–H and O–H groups in total. The zero-order valence-corrected chi connectivity index (χ0v) is 20.5. The van der Waals surface area contributed by atoms with Gasteiger partial charge >= 0.3 is 6.18 Å². The highest BCUT2D eigenvalue weighted by molar-refractivity contribution is 7.88. The quantitative estimate of drug-likeness (QED) is 0.426. The van der Waals surface area contributed by atoms with E-state index in [1.165, 1.54) is 12.4 Å². The minimum atomic E-state index is -4.55. The Kier molecular flexibility index (Phi) is 7.19. The summed E-state index contributed by atoms with van der Waals surface area (Å²) in [6.45, 7) is 2.44. The molecule has 0 bridgehead atoms. The third-order valence-corrected chi connectivity index (χ3v) is 7.30. The van der Waals surface area contributed by atoms with Crippen LogP contribution in [-0.4, -0.2) is 47.2 Å². The van der Waals surface area contributed by atoms with Gasteiger partial charge in [-0.15, -0.1) is 0 Å². The monoisotopic (exact) mass is 521 g/mol. The van der Waals surface area contributed by atoms with Gasteiger partial charge in [0.1, 0.15) is 11.7 Å². The summed E-state index contributed by atoms with van der Waals surface area (Å²) in [5.74, 6) is 0.874. The van der Waals surface area contributed by atoms with Gasteiger partial charge in [-0.25, -0.2) is 28.1 Å². The summed E-state index contributed by atoms with van der Waals surface area (Å²) in [5, 5.41) is 13.0. The van der Waals surface area contributed by atoms with Gasteiger partial charge in [-0.2, -0.15) is 18.4 Å². The number of H-pyrrole nitrogens is 1. The van der Waals surface area contributed by atoms with Crippen LogP contribution in [0.25, 0.3) is 22.3 Å². The van der Waals surface area contributed by atoms with Crippen LogP contribution in [0.5, 0.6) is 0 Å². The fraction of sp³-hybridized carbons (Fsp3) is 0.478. The van der Waals surface area contributed by atoms with Crippen molar-refractivity contribution in [2.24, 2.45) is 11.8 Å². The van der Waals surface area contributed by atoms with E-state index in [2.05, 4.69) is 30.0 Å². The molecule has 0 saturated heterocycles. The molecule has 9 nitrogen and oxygen atoms in total. The number of halogens is 3. The van der Waals surface area contributed by atoms with Gasteiger partial charge in [-0.05, 0) is 50.5 Å². The summed E-state index contributed by atoms with van der Waals surface area (Å²) in [6, 6.07) is 2.99. The first kappa shape index (κ1) is 25.8. The topological polar surface area (TPSA) is 136 Å². The molecule has 1 atom stereocenters. The number of fused-ring (bicyclic) bond motifs is 1. The van der Waals surface area contributed by atoms with Gasteiger partial charge in [0.2, 0.25) is 16.0 Å². The van der Waals surface area contributed by atoms with E-state index in [9.17, 15) is 26.9 Å². The molecular formula is C23H26F3N7O2S. The second-order valence-corrected chi connectivity index (χ2v) is 11.1. The molecule has 1 aliphatic rings. The van der Waals surface area contributed by atoms with Crippen molar-refractivity contribution in [1.82, 2.24) is 24.7 Å². The lowest BCUT2D eigenvalue weighted by molar-refractivity contribution is -0.137. The lowest BCUT2D eigenvalue weighted by Gasteiger charge is -2.32. The summed E-state index contributed by atoms with van der Waals surface area (Å²) < 4.78 is 64.9. The average molecular weight is 522 g/mol. The van der Waals surface area contributed by atoms with E-state index in [0.29, 0.717) is 18.0 Å². The Morgan fingerprint density at radius 3 is 2.58 bits per heavy atom. The molecule has 0 spiro atoms. The number of aromatic nitrogens is 4. The van der Waals surface area contributed by atoms with E-state index >= 15 is 0 Å².